The van der Waals surface area contributed by atoms with Gasteiger partial charge in [0.2, 0.25) is 0 Å². The van der Waals surface area contributed by atoms with Gasteiger partial charge in [-0.15, -0.1) is 0 Å². The topological polar surface area (TPSA) is 80.7 Å². The molecule has 1 atom stereocenters. The number of carbonyl (C=O) groups is 1. The molecule has 0 fully saturated rings. The molecule has 13 heavy (non-hydrogen) atoms. The molecule has 5 nitrogen and oxygen atoms in total. The first-order valence-electron chi connectivity index (χ1n) is 3.39. The van der Waals surface area contributed by atoms with E-state index < -0.39 is 26.9 Å². The van der Waals surface area contributed by atoms with Crippen LogP contribution in [0.15, 0.2) is 23.1 Å². The first-order chi connectivity index (χ1) is 5.95. The molecule has 0 bridgehead atoms. The first-order valence-corrected chi connectivity index (χ1v) is 4.83. The van der Waals surface area contributed by atoms with E-state index in [1.54, 1.807) is 0 Å². The summed E-state index contributed by atoms with van der Waals surface area (Å²) in [5.41, 5.74) is 0. The van der Waals surface area contributed by atoms with Crippen LogP contribution in [0.2, 0.25) is 0 Å². The molecule has 1 unspecified atom stereocenters. The number of hydrogen-bond donors (Lipinski definition) is 1. The fourth-order valence-electron chi connectivity index (χ4n) is 0.903. The molecule has 0 aromatic rings. The van der Waals surface area contributed by atoms with Crippen molar-refractivity contribution in [2.45, 2.75) is 6.10 Å². The predicted octanol–water partition coefficient (Wildman–Crippen LogP) is -0.0880. The van der Waals surface area contributed by atoms with Crippen LogP contribution in [0, 0.1) is 0 Å². The predicted molar refractivity (Wildman–Crippen MR) is 44.6 cm³/mol. The van der Waals surface area contributed by atoms with Gasteiger partial charge in [-0.05, 0) is 12.2 Å². The summed E-state index contributed by atoms with van der Waals surface area (Å²) in [5.74, 6) is -0.502. The Morgan fingerprint density at radius 3 is 2.54 bits per heavy atom. The Bertz CT molecular complexity index is 376. The van der Waals surface area contributed by atoms with E-state index in [9.17, 15) is 13.2 Å². The molecule has 0 radical (unpaired) electrons. The second kappa shape index (κ2) is 3.41. The zero-order chi connectivity index (χ0) is 10.1. The summed E-state index contributed by atoms with van der Waals surface area (Å²) in [6.45, 7) is 0. The second-order valence-electron chi connectivity index (χ2n) is 2.44. The molecule has 1 aliphatic rings. The highest BCUT2D eigenvalue weighted by Crippen LogP contribution is 2.14. The van der Waals surface area contributed by atoms with Crippen molar-refractivity contribution >= 4 is 15.9 Å². The van der Waals surface area contributed by atoms with Crippen LogP contribution in [0.1, 0.15) is 0 Å². The highest BCUT2D eigenvalue weighted by atomic mass is 32.2. The highest BCUT2D eigenvalue weighted by Gasteiger charge is 2.22. The van der Waals surface area contributed by atoms with E-state index in [1.165, 1.54) is 13.2 Å². The van der Waals surface area contributed by atoms with Crippen LogP contribution in [-0.2, 0) is 19.6 Å². The quantitative estimate of drug-likeness (QED) is 0.636. The number of methoxy groups -OCH3 is 1. The molecular formula is C7H8O5S. The molecule has 6 heteroatoms. The van der Waals surface area contributed by atoms with E-state index in [-0.39, 0.29) is 0 Å². The third kappa shape index (κ3) is 2.24. The summed E-state index contributed by atoms with van der Waals surface area (Å²) in [6, 6.07) is 0. The molecule has 1 N–H and O–H groups in total. The molecule has 1 aliphatic carbocycles. The maximum absolute atomic E-state index is 11.1. The van der Waals surface area contributed by atoms with Gasteiger partial charge in [-0.1, -0.05) is 0 Å². The lowest BCUT2D eigenvalue weighted by Gasteiger charge is -2.11. The van der Waals surface area contributed by atoms with Gasteiger partial charge in [-0.2, -0.15) is 8.42 Å². The summed E-state index contributed by atoms with van der Waals surface area (Å²) >= 11 is 0. The molecule has 0 spiro atoms. The first kappa shape index (κ1) is 10.1. The Morgan fingerprint density at radius 1 is 1.54 bits per heavy atom. The Hall–Kier alpha value is -0.980. The van der Waals surface area contributed by atoms with Gasteiger partial charge in [0.25, 0.3) is 10.1 Å². The van der Waals surface area contributed by atoms with E-state index in [4.69, 9.17) is 9.29 Å². The van der Waals surface area contributed by atoms with Gasteiger partial charge in [0.1, 0.15) is 6.10 Å². The van der Waals surface area contributed by atoms with E-state index >= 15 is 0 Å². The fraction of sp³-hybridized carbons (Fsp3) is 0.286. The molecule has 0 aromatic heterocycles. The molecule has 0 heterocycles. The molecule has 0 amide bonds. The number of ketones is 1. The van der Waals surface area contributed by atoms with Crippen molar-refractivity contribution in [3.63, 3.8) is 0 Å². The van der Waals surface area contributed by atoms with Crippen LogP contribution >= 0.6 is 0 Å². The Balaban J connectivity index is 3.00. The average Bonchev–Trinajstić information content (AvgIpc) is 2.02. The number of carbonyl (C=O) groups excluding carboxylic acids is 1. The van der Waals surface area contributed by atoms with Crippen molar-refractivity contribution in [3.8, 4) is 0 Å². The van der Waals surface area contributed by atoms with Crippen LogP contribution in [-0.4, -0.2) is 32.0 Å². The maximum Gasteiger partial charge on any atom is 0.294 e. The van der Waals surface area contributed by atoms with Gasteiger partial charge >= 0.3 is 0 Å². The van der Waals surface area contributed by atoms with E-state index in [0.29, 0.717) is 0 Å². The lowest BCUT2D eigenvalue weighted by atomic mass is 10.1. The minimum Gasteiger partial charge on any atom is -0.369 e. The van der Waals surface area contributed by atoms with Crippen LogP contribution in [0.5, 0.6) is 0 Å². The van der Waals surface area contributed by atoms with Gasteiger partial charge in [0.05, 0.1) is 4.91 Å². The van der Waals surface area contributed by atoms with E-state index in [0.717, 1.165) is 12.2 Å². The summed E-state index contributed by atoms with van der Waals surface area (Å²) in [5, 5.41) is 0. The standard InChI is InChI=1S/C7H8O5S/c1-12-7-3-2-5(4-6(7)8)13(9,10)11/h2-4,7H,1H3,(H,9,10,11). The Kier molecular flexibility index (Phi) is 2.65. The molecular weight excluding hydrogens is 196 g/mol. The maximum atomic E-state index is 11.1. The minimum atomic E-state index is -4.29. The molecule has 1 rings (SSSR count). The van der Waals surface area contributed by atoms with Gasteiger partial charge in [0.15, 0.2) is 5.78 Å². The van der Waals surface area contributed by atoms with Crippen molar-refractivity contribution < 1.29 is 22.5 Å². The zero-order valence-electron chi connectivity index (χ0n) is 6.80. The largest absolute Gasteiger partial charge is 0.369 e. The van der Waals surface area contributed by atoms with Crippen LogP contribution in [0.4, 0.5) is 0 Å². The number of allylic oxidation sites excluding steroid dienone is 1. The van der Waals surface area contributed by atoms with Gasteiger partial charge < -0.3 is 4.74 Å². The Labute approximate surface area is 75.4 Å². The smallest absolute Gasteiger partial charge is 0.294 e. The highest BCUT2D eigenvalue weighted by molar-refractivity contribution is 7.90. The van der Waals surface area contributed by atoms with Crippen LogP contribution < -0.4 is 0 Å². The molecule has 0 saturated carbocycles. The summed E-state index contributed by atoms with van der Waals surface area (Å²) in [4.78, 5) is 10.6. The number of ether oxygens (including phenoxy) is 1. The molecule has 0 aromatic carbocycles. The number of hydrogen-bond acceptors (Lipinski definition) is 4. The summed E-state index contributed by atoms with van der Waals surface area (Å²) in [6.07, 6.45) is 2.48. The third-order valence-corrected chi connectivity index (χ3v) is 2.40. The molecule has 0 saturated heterocycles. The Morgan fingerprint density at radius 2 is 2.15 bits per heavy atom. The van der Waals surface area contributed by atoms with Crippen molar-refractivity contribution in [2.75, 3.05) is 7.11 Å². The van der Waals surface area contributed by atoms with Gasteiger partial charge in [-0.3, -0.25) is 9.35 Å². The van der Waals surface area contributed by atoms with Crippen molar-refractivity contribution in [3.05, 3.63) is 23.1 Å². The summed E-state index contributed by atoms with van der Waals surface area (Å²) in [7, 11) is -2.96. The van der Waals surface area contributed by atoms with Crippen LogP contribution in [0.3, 0.4) is 0 Å². The fourth-order valence-corrected chi connectivity index (χ4v) is 1.42. The monoisotopic (exact) mass is 204 g/mol. The van der Waals surface area contributed by atoms with Gasteiger partial charge in [-0.25, -0.2) is 0 Å². The van der Waals surface area contributed by atoms with E-state index in [2.05, 4.69) is 0 Å². The summed E-state index contributed by atoms with van der Waals surface area (Å²) < 4.78 is 34.4. The number of rotatable bonds is 2. The molecule has 0 aliphatic heterocycles. The van der Waals surface area contributed by atoms with Crippen molar-refractivity contribution in [2.24, 2.45) is 0 Å². The van der Waals surface area contributed by atoms with E-state index in [1.807, 2.05) is 0 Å². The molecule has 72 valence electrons. The van der Waals surface area contributed by atoms with Crippen molar-refractivity contribution in [1.82, 2.24) is 0 Å². The lowest BCUT2D eigenvalue weighted by molar-refractivity contribution is -0.121. The van der Waals surface area contributed by atoms with Crippen molar-refractivity contribution in [1.29, 1.82) is 0 Å². The normalized spacial score (nSPS) is 23.1. The lowest BCUT2D eigenvalue weighted by Crippen LogP contribution is -2.22. The van der Waals surface area contributed by atoms with Crippen LogP contribution in [0.25, 0.3) is 0 Å². The zero-order valence-corrected chi connectivity index (χ0v) is 7.61. The minimum absolute atomic E-state index is 0.411. The average molecular weight is 204 g/mol. The second-order valence-corrected chi connectivity index (χ2v) is 3.86. The van der Waals surface area contributed by atoms with Gasteiger partial charge in [0, 0.05) is 13.2 Å². The SMILES string of the molecule is COC1C=CC(S(=O)(=O)O)=CC1=O. The third-order valence-electron chi connectivity index (χ3n) is 1.55.